The molecule has 136 valence electrons. The van der Waals surface area contributed by atoms with Crippen molar-refractivity contribution in [2.24, 2.45) is 5.41 Å². The number of nitrogens with zero attached hydrogens (tertiary/aromatic N) is 1. The quantitative estimate of drug-likeness (QED) is 0.511. The van der Waals surface area contributed by atoms with Gasteiger partial charge in [0.15, 0.2) is 0 Å². The second-order valence-corrected chi connectivity index (χ2v) is 7.69. The van der Waals surface area contributed by atoms with Crippen LogP contribution < -0.4 is 0 Å². The monoisotopic (exact) mass is 357 g/mol. The Labute approximate surface area is 151 Å². The number of hydrogen-bond acceptors (Lipinski definition) is 1. The van der Waals surface area contributed by atoms with Crippen molar-refractivity contribution in [1.29, 1.82) is 0 Å². The molecule has 0 saturated carbocycles. The van der Waals surface area contributed by atoms with Crippen LogP contribution in [0.4, 0.5) is 13.2 Å². The summed E-state index contributed by atoms with van der Waals surface area (Å²) in [5.74, 6) is 0. The Kier molecular flexibility index (Phi) is 4.55. The van der Waals surface area contributed by atoms with Gasteiger partial charge in [-0.3, -0.25) is 4.98 Å². The van der Waals surface area contributed by atoms with Crippen LogP contribution in [0, 0.1) is 19.3 Å². The van der Waals surface area contributed by atoms with E-state index in [-0.39, 0.29) is 6.42 Å². The third-order valence-electron chi connectivity index (χ3n) is 4.72. The largest absolute Gasteiger partial charge is 0.394 e. The summed E-state index contributed by atoms with van der Waals surface area (Å²) >= 11 is 0. The zero-order chi connectivity index (χ0) is 19.1. The first-order chi connectivity index (χ1) is 12.0. The lowest BCUT2D eigenvalue weighted by molar-refractivity contribution is -0.211. The Morgan fingerprint density at radius 2 is 1.50 bits per heavy atom. The van der Waals surface area contributed by atoms with E-state index in [2.05, 4.69) is 23.2 Å². The topological polar surface area (TPSA) is 12.9 Å². The smallest absolute Gasteiger partial charge is 0.256 e. The number of rotatable bonds is 3. The molecule has 0 radical (unpaired) electrons. The molecular weight excluding hydrogens is 335 g/mol. The van der Waals surface area contributed by atoms with Crippen molar-refractivity contribution in [2.45, 2.75) is 40.3 Å². The Bertz CT molecular complexity index is 935. The normalized spacial score (nSPS) is 12.6. The molecule has 0 bridgehead atoms. The molecule has 0 spiro atoms. The molecule has 0 aliphatic carbocycles. The van der Waals surface area contributed by atoms with Crippen LogP contribution in [-0.2, 0) is 6.42 Å². The van der Waals surface area contributed by atoms with Gasteiger partial charge in [-0.15, -0.1) is 0 Å². The van der Waals surface area contributed by atoms with Crippen LogP contribution in [-0.4, -0.2) is 11.2 Å². The maximum atomic E-state index is 13.2. The molecule has 0 amide bonds. The highest BCUT2D eigenvalue weighted by atomic mass is 19.4. The van der Waals surface area contributed by atoms with E-state index < -0.39 is 11.6 Å². The fraction of sp³-hybridized carbons (Fsp3) is 0.318. The van der Waals surface area contributed by atoms with E-state index in [1.807, 2.05) is 32.0 Å². The Hall–Kier alpha value is -2.36. The minimum Gasteiger partial charge on any atom is -0.256 e. The molecule has 1 nitrogen and oxygen atoms in total. The lowest BCUT2D eigenvalue weighted by Gasteiger charge is -2.27. The summed E-state index contributed by atoms with van der Waals surface area (Å²) in [6.07, 6.45) is -2.50. The van der Waals surface area contributed by atoms with Gasteiger partial charge in [-0.2, -0.15) is 13.2 Å². The maximum absolute atomic E-state index is 13.2. The van der Waals surface area contributed by atoms with Crippen LogP contribution in [0.3, 0.4) is 0 Å². The summed E-state index contributed by atoms with van der Waals surface area (Å²) in [6, 6.07) is 13.6. The summed E-state index contributed by atoms with van der Waals surface area (Å²) in [5, 5.41) is 1.83. The summed E-state index contributed by atoms with van der Waals surface area (Å²) in [4.78, 5) is 4.52. The van der Waals surface area contributed by atoms with E-state index >= 15 is 0 Å². The van der Waals surface area contributed by atoms with Crippen molar-refractivity contribution in [3.63, 3.8) is 0 Å². The number of hydrogen-bond donors (Lipinski definition) is 0. The van der Waals surface area contributed by atoms with Crippen LogP contribution >= 0.6 is 0 Å². The van der Waals surface area contributed by atoms with Crippen molar-refractivity contribution < 1.29 is 13.2 Å². The standard InChI is InChI=1S/C22H22F3N/c1-14-7-15(2)9-19(8-14)20-11-18-10-16(5-6-17(18)13-26-20)12-21(3,4)22(23,24)25/h5-11,13H,12H2,1-4H3. The van der Waals surface area contributed by atoms with Crippen LogP contribution in [0.2, 0.25) is 0 Å². The number of alkyl halides is 3. The minimum absolute atomic E-state index is 0.0480. The Balaban J connectivity index is 2.01. The predicted molar refractivity (Wildman–Crippen MR) is 100 cm³/mol. The molecule has 0 atom stereocenters. The second-order valence-electron chi connectivity index (χ2n) is 7.69. The fourth-order valence-corrected chi connectivity index (χ4v) is 3.19. The highest BCUT2D eigenvalue weighted by Crippen LogP contribution is 2.40. The molecular formula is C22H22F3N. The molecule has 4 heteroatoms. The van der Waals surface area contributed by atoms with Gasteiger partial charge in [0, 0.05) is 17.1 Å². The van der Waals surface area contributed by atoms with Gasteiger partial charge in [-0.05, 0) is 49.4 Å². The second kappa shape index (κ2) is 6.42. The van der Waals surface area contributed by atoms with E-state index in [9.17, 15) is 13.2 Å². The first-order valence-corrected chi connectivity index (χ1v) is 8.59. The van der Waals surface area contributed by atoms with E-state index in [0.717, 1.165) is 33.2 Å². The zero-order valence-electron chi connectivity index (χ0n) is 15.4. The van der Waals surface area contributed by atoms with E-state index in [1.165, 1.54) is 13.8 Å². The van der Waals surface area contributed by atoms with Gasteiger partial charge in [0.25, 0.3) is 0 Å². The molecule has 0 aliphatic heterocycles. The highest BCUT2D eigenvalue weighted by molar-refractivity contribution is 5.86. The molecule has 0 fully saturated rings. The molecule has 1 heterocycles. The highest BCUT2D eigenvalue weighted by Gasteiger charge is 2.46. The molecule has 3 rings (SSSR count). The van der Waals surface area contributed by atoms with E-state index in [0.29, 0.717) is 5.56 Å². The summed E-state index contributed by atoms with van der Waals surface area (Å²) in [7, 11) is 0. The lowest BCUT2D eigenvalue weighted by atomic mass is 9.84. The van der Waals surface area contributed by atoms with Gasteiger partial charge in [0.1, 0.15) is 0 Å². The molecule has 2 aromatic carbocycles. The molecule has 3 aromatic rings. The maximum Gasteiger partial charge on any atom is 0.394 e. The molecule has 26 heavy (non-hydrogen) atoms. The van der Waals surface area contributed by atoms with E-state index in [1.54, 1.807) is 12.3 Å². The third-order valence-corrected chi connectivity index (χ3v) is 4.72. The summed E-state index contributed by atoms with van der Waals surface area (Å²) < 4.78 is 39.6. The van der Waals surface area contributed by atoms with Crippen molar-refractivity contribution in [2.75, 3.05) is 0 Å². The minimum atomic E-state index is -4.23. The van der Waals surface area contributed by atoms with Gasteiger partial charge < -0.3 is 0 Å². The summed E-state index contributed by atoms with van der Waals surface area (Å²) in [5.41, 5.74) is 3.08. The fourth-order valence-electron chi connectivity index (χ4n) is 3.19. The number of aromatic nitrogens is 1. The average molecular weight is 357 g/mol. The van der Waals surface area contributed by atoms with Crippen molar-refractivity contribution >= 4 is 10.8 Å². The van der Waals surface area contributed by atoms with Gasteiger partial charge in [-0.1, -0.05) is 49.2 Å². The summed E-state index contributed by atoms with van der Waals surface area (Å²) in [6.45, 7) is 6.55. The first kappa shape index (κ1) is 18.4. The first-order valence-electron chi connectivity index (χ1n) is 8.59. The molecule has 0 saturated heterocycles. The van der Waals surface area contributed by atoms with Gasteiger partial charge >= 0.3 is 6.18 Å². The number of pyridine rings is 1. The van der Waals surface area contributed by atoms with Crippen LogP contribution in [0.15, 0.2) is 48.7 Å². The molecule has 1 aromatic heterocycles. The van der Waals surface area contributed by atoms with E-state index in [4.69, 9.17) is 0 Å². The van der Waals surface area contributed by atoms with Crippen LogP contribution in [0.25, 0.3) is 22.0 Å². The Morgan fingerprint density at radius 3 is 2.12 bits per heavy atom. The van der Waals surface area contributed by atoms with Crippen molar-refractivity contribution in [1.82, 2.24) is 4.98 Å². The number of benzene rings is 2. The van der Waals surface area contributed by atoms with Crippen LogP contribution in [0.5, 0.6) is 0 Å². The SMILES string of the molecule is Cc1cc(C)cc(-c2cc3cc(CC(C)(C)C(F)(F)F)ccc3cn2)c1. The van der Waals surface area contributed by atoms with Gasteiger partial charge in [-0.25, -0.2) is 0 Å². The molecule has 0 unspecified atom stereocenters. The molecule has 0 aliphatic rings. The number of fused-ring (bicyclic) bond motifs is 1. The van der Waals surface area contributed by atoms with Crippen molar-refractivity contribution in [3.05, 3.63) is 65.4 Å². The lowest BCUT2D eigenvalue weighted by Crippen LogP contribution is -2.34. The van der Waals surface area contributed by atoms with Gasteiger partial charge in [0.2, 0.25) is 0 Å². The van der Waals surface area contributed by atoms with Crippen LogP contribution in [0.1, 0.15) is 30.5 Å². The Morgan fingerprint density at radius 1 is 0.846 bits per heavy atom. The average Bonchev–Trinajstić information content (AvgIpc) is 2.51. The zero-order valence-corrected chi connectivity index (χ0v) is 15.4. The van der Waals surface area contributed by atoms with Crippen molar-refractivity contribution in [3.8, 4) is 11.3 Å². The van der Waals surface area contributed by atoms with Gasteiger partial charge in [0.05, 0.1) is 11.1 Å². The predicted octanol–water partition coefficient (Wildman–Crippen LogP) is 6.65. The third kappa shape index (κ3) is 3.74. The number of aryl methyl sites for hydroxylation is 2. The number of halogens is 3. The molecule has 0 N–H and O–H groups in total.